The fourth-order valence-corrected chi connectivity index (χ4v) is 4.80. The van der Waals surface area contributed by atoms with E-state index in [0.717, 1.165) is 0 Å². The van der Waals surface area contributed by atoms with Crippen LogP contribution in [0.3, 0.4) is 0 Å². The van der Waals surface area contributed by atoms with Crippen LogP contribution in [0, 0.1) is 27.7 Å². The van der Waals surface area contributed by atoms with Gasteiger partial charge in [0, 0.05) is 19.5 Å². The Morgan fingerprint density at radius 1 is 0.864 bits per heavy atom. The van der Waals surface area contributed by atoms with Crippen LogP contribution < -0.4 is 10.6 Å². The first kappa shape index (κ1) is 17.0. The summed E-state index contributed by atoms with van der Waals surface area (Å²) in [4.78, 5) is 17.3. The molecule has 2 heterocycles. The number of nitrogens with one attached hydrogen (secondary N) is 2. The molecule has 2 atom stereocenters. The standard InChI is InChI=1S/C17H24N2OS2/c1-9-7-15(13(5)21-9)11(3)18-17(20)19-12(4)16-8-10(2)22-14(16)6/h7-8,11-12H,1-6H3,(H2,18,19,20)/t11-,12-/m1/s1. The zero-order chi connectivity index (χ0) is 16.4. The molecule has 2 amide bonds. The van der Waals surface area contributed by atoms with Crippen molar-refractivity contribution in [2.45, 2.75) is 53.6 Å². The molecule has 0 aromatic carbocycles. The van der Waals surface area contributed by atoms with E-state index in [1.54, 1.807) is 22.7 Å². The van der Waals surface area contributed by atoms with Crippen LogP contribution in [0.4, 0.5) is 4.79 Å². The third-order valence-corrected chi connectivity index (χ3v) is 5.75. The Bertz CT molecular complexity index is 616. The molecule has 0 aliphatic rings. The van der Waals surface area contributed by atoms with Gasteiger partial charge in [-0.1, -0.05) is 0 Å². The maximum absolute atomic E-state index is 12.2. The number of rotatable bonds is 4. The van der Waals surface area contributed by atoms with E-state index in [9.17, 15) is 4.79 Å². The number of urea groups is 1. The Labute approximate surface area is 140 Å². The molecule has 2 aromatic heterocycles. The fourth-order valence-electron chi connectivity index (χ4n) is 2.75. The number of hydrogen-bond donors (Lipinski definition) is 2. The van der Waals surface area contributed by atoms with Crippen molar-refractivity contribution in [3.05, 3.63) is 42.8 Å². The van der Waals surface area contributed by atoms with Crippen molar-refractivity contribution in [3.63, 3.8) is 0 Å². The molecule has 2 N–H and O–H groups in total. The third kappa shape index (κ3) is 3.90. The molecule has 22 heavy (non-hydrogen) atoms. The van der Waals surface area contributed by atoms with E-state index in [1.165, 1.54) is 30.6 Å². The summed E-state index contributed by atoms with van der Waals surface area (Å²) in [5, 5.41) is 6.07. The SMILES string of the molecule is Cc1cc([C@@H](C)NC(=O)N[C@H](C)c2cc(C)sc2C)c(C)s1. The van der Waals surface area contributed by atoms with Crippen LogP contribution >= 0.6 is 22.7 Å². The summed E-state index contributed by atoms with van der Waals surface area (Å²) in [6, 6.07) is 4.22. The molecular formula is C17H24N2OS2. The van der Waals surface area contributed by atoms with Crippen LogP contribution in [0.1, 0.15) is 56.6 Å². The summed E-state index contributed by atoms with van der Waals surface area (Å²) in [6.45, 7) is 12.4. The molecule has 0 aliphatic carbocycles. The zero-order valence-corrected chi connectivity index (χ0v) is 15.7. The van der Waals surface area contributed by atoms with E-state index in [1.807, 2.05) is 13.8 Å². The minimum absolute atomic E-state index is 0.0162. The highest BCUT2D eigenvalue weighted by Gasteiger charge is 2.17. The lowest BCUT2D eigenvalue weighted by atomic mass is 10.1. The van der Waals surface area contributed by atoms with Gasteiger partial charge in [0.25, 0.3) is 0 Å². The Kier molecular flexibility index (Phi) is 5.29. The maximum atomic E-state index is 12.2. The summed E-state index contributed by atoms with van der Waals surface area (Å²) < 4.78 is 0. The average molecular weight is 337 g/mol. The fraction of sp³-hybridized carbons (Fsp3) is 0.471. The van der Waals surface area contributed by atoms with Crippen LogP contribution in [-0.2, 0) is 0 Å². The van der Waals surface area contributed by atoms with E-state index in [-0.39, 0.29) is 18.1 Å². The topological polar surface area (TPSA) is 41.1 Å². The van der Waals surface area contributed by atoms with Crippen LogP contribution in [-0.4, -0.2) is 6.03 Å². The summed E-state index contributed by atoms with van der Waals surface area (Å²) in [5.41, 5.74) is 2.40. The number of aryl methyl sites for hydroxylation is 4. The normalized spacial score (nSPS) is 13.7. The molecule has 0 saturated heterocycles. The Morgan fingerprint density at radius 2 is 1.23 bits per heavy atom. The first-order chi connectivity index (χ1) is 10.3. The van der Waals surface area contributed by atoms with Crippen LogP contribution in [0.2, 0.25) is 0 Å². The van der Waals surface area contributed by atoms with E-state index >= 15 is 0 Å². The van der Waals surface area contributed by atoms with Crippen molar-refractivity contribution in [1.82, 2.24) is 10.6 Å². The Balaban J connectivity index is 1.98. The quantitative estimate of drug-likeness (QED) is 0.795. The molecule has 0 spiro atoms. The maximum Gasteiger partial charge on any atom is 0.315 e. The molecule has 0 fully saturated rings. The second-order valence-electron chi connectivity index (χ2n) is 5.80. The summed E-state index contributed by atoms with van der Waals surface area (Å²) >= 11 is 3.54. The van der Waals surface area contributed by atoms with Gasteiger partial charge in [-0.05, 0) is 64.8 Å². The minimum Gasteiger partial charge on any atom is -0.332 e. The molecule has 120 valence electrons. The first-order valence-corrected chi connectivity index (χ1v) is 9.12. The summed E-state index contributed by atoms with van der Waals surface area (Å²) in [6.07, 6.45) is 0. The van der Waals surface area contributed by atoms with Crippen LogP contribution in [0.15, 0.2) is 12.1 Å². The Morgan fingerprint density at radius 3 is 1.50 bits per heavy atom. The molecule has 0 bridgehead atoms. The van der Waals surface area contributed by atoms with E-state index in [0.29, 0.717) is 0 Å². The zero-order valence-electron chi connectivity index (χ0n) is 14.0. The number of amides is 2. The van der Waals surface area contributed by atoms with Gasteiger partial charge in [0.05, 0.1) is 12.1 Å². The Hall–Kier alpha value is -1.33. The van der Waals surface area contributed by atoms with Crippen molar-refractivity contribution in [1.29, 1.82) is 0 Å². The molecule has 2 aromatic rings. The largest absolute Gasteiger partial charge is 0.332 e. The number of hydrogen-bond acceptors (Lipinski definition) is 3. The van der Waals surface area contributed by atoms with Gasteiger partial charge in [-0.25, -0.2) is 4.79 Å². The number of thiophene rings is 2. The lowest BCUT2D eigenvalue weighted by molar-refractivity contribution is 0.235. The van der Waals surface area contributed by atoms with Crippen molar-refractivity contribution in [2.75, 3.05) is 0 Å². The molecule has 0 saturated carbocycles. The predicted molar refractivity (Wildman–Crippen MR) is 96.1 cm³/mol. The van der Waals surface area contributed by atoms with Crippen LogP contribution in [0.5, 0.6) is 0 Å². The van der Waals surface area contributed by atoms with Gasteiger partial charge in [0.2, 0.25) is 0 Å². The second kappa shape index (κ2) is 6.84. The predicted octanol–water partition coefficient (Wildman–Crippen LogP) is 5.16. The van der Waals surface area contributed by atoms with Crippen molar-refractivity contribution < 1.29 is 4.79 Å². The van der Waals surface area contributed by atoms with Crippen molar-refractivity contribution in [3.8, 4) is 0 Å². The van der Waals surface area contributed by atoms with Gasteiger partial charge < -0.3 is 10.6 Å². The van der Waals surface area contributed by atoms with Gasteiger partial charge in [0.1, 0.15) is 0 Å². The molecule has 0 aliphatic heterocycles. The minimum atomic E-state index is -0.119. The van der Waals surface area contributed by atoms with Gasteiger partial charge >= 0.3 is 6.03 Å². The molecule has 3 nitrogen and oxygen atoms in total. The van der Waals surface area contributed by atoms with Crippen molar-refractivity contribution in [2.24, 2.45) is 0 Å². The van der Waals surface area contributed by atoms with Gasteiger partial charge in [-0.15, -0.1) is 22.7 Å². The lowest BCUT2D eigenvalue weighted by Gasteiger charge is -2.18. The number of carbonyl (C=O) groups excluding carboxylic acids is 1. The van der Waals surface area contributed by atoms with E-state index in [4.69, 9.17) is 0 Å². The van der Waals surface area contributed by atoms with Crippen LogP contribution in [0.25, 0.3) is 0 Å². The number of carbonyl (C=O) groups is 1. The molecule has 2 rings (SSSR count). The second-order valence-corrected chi connectivity index (χ2v) is 8.72. The summed E-state index contributed by atoms with van der Waals surface area (Å²) in [7, 11) is 0. The first-order valence-electron chi connectivity index (χ1n) is 7.48. The highest BCUT2D eigenvalue weighted by atomic mass is 32.1. The average Bonchev–Trinajstić information content (AvgIpc) is 2.91. The molecule has 0 radical (unpaired) electrons. The highest BCUT2D eigenvalue weighted by Crippen LogP contribution is 2.27. The molecule has 0 unspecified atom stereocenters. The summed E-state index contributed by atoms with van der Waals surface area (Å²) in [5.74, 6) is 0. The smallest absolute Gasteiger partial charge is 0.315 e. The molecule has 5 heteroatoms. The van der Waals surface area contributed by atoms with E-state index < -0.39 is 0 Å². The van der Waals surface area contributed by atoms with Gasteiger partial charge in [0.15, 0.2) is 0 Å². The monoisotopic (exact) mass is 336 g/mol. The van der Waals surface area contributed by atoms with Gasteiger partial charge in [-0.3, -0.25) is 0 Å². The lowest BCUT2D eigenvalue weighted by Crippen LogP contribution is -2.38. The van der Waals surface area contributed by atoms with Gasteiger partial charge in [-0.2, -0.15) is 0 Å². The molecular weight excluding hydrogens is 312 g/mol. The van der Waals surface area contributed by atoms with Crippen molar-refractivity contribution >= 4 is 28.7 Å². The van der Waals surface area contributed by atoms with E-state index in [2.05, 4.69) is 50.5 Å². The highest BCUT2D eigenvalue weighted by molar-refractivity contribution is 7.12. The third-order valence-electron chi connectivity index (χ3n) is 3.79.